The van der Waals surface area contributed by atoms with E-state index in [1.165, 1.54) is 29.5 Å². The van der Waals surface area contributed by atoms with Gasteiger partial charge in [0, 0.05) is 11.1 Å². The summed E-state index contributed by atoms with van der Waals surface area (Å²) in [4.78, 5) is 17.0. The lowest BCUT2D eigenvalue weighted by molar-refractivity contribution is 0.102. The van der Waals surface area contributed by atoms with Gasteiger partial charge in [0.25, 0.3) is 15.9 Å². The van der Waals surface area contributed by atoms with E-state index in [0.717, 1.165) is 5.69 Å². The number of nitrogens with zero attached hydrogens (tertiary/aromatic N) is 1. The molecule has 2 N–H and O–H groups in total. The van der Waals surface area contributed by atoms with Crippen LogP contribution in [0, 0.1) is 0 Å². The van der Waals surface area contributed by atoms with Gasteiger partial charge in [-0.2, -0.15) is 0 Å². The normalized spacial score (nSPS) is 11.4. The summed E-state index contributed by atoms with van der Waals surface area (Å²) in [5.74, 6) is 0.333. The van der Waals surface area contributed by atoms with E-state index in [4.69, 9.17) is 16.3 Å². The number of halogens is 1. The first-order chi connectivity index (χ1) is 14.7. The van der Waals surface area contributed by atoms with Crippen molar-refractivity contribution in [3.8, 4) is 5.75 Å². The number of ether oxygens (including phenoxy) is 1. The number of carbonyl (C=O) groups excluding carboxylic acids is 1. The molecule has 2 aromatic carbocycles. The summed E-state index contributed by atoms with van der Waals surface area (Å²) in [6, 6.07) is 10.5. The number of nitrogens with one attached hydrogen (secondary N) is 2. The SMILES string of the molecule is CCOc1ccc(NS(=O)(=O)c2ccc(Cl)c(C(=O)Nc3nc(C(C)C)cs3)c2)cc1. The van der Waals surface area contributed by atoms with Crippen LogP contribution in [-0.4, -0.2) is 25.9 Å². The molecule has 10 heteroatoms. The van der Waals surface area contributed by atoms with Gasteiger partial charge >= 0.3 is 0 Å². The average molecular weight is 480 g/mol. The zero-order valence-corrected chi connectivity index (χ0v) is 19.6. The van der Waals surface area contributed by atoms with Crippen molar-refractivity contribution in [2.24, 2.45) is 0 Å². The lowest BCUT2D eigenvalue weighted by Crippen LogP contribution is -2.16. The molecule has 0 saturated heterocycles. The number of rotatable bonds is 8. The minimum Gasteiger partial charge on any atom is -0.494 e. The van der Waals surface area contributed by atoms with Crippen molar-refractivity contribution in [3.05, 3.63) is 64.1 Å². The zero-order valence-electron chi connectivity index (χ0n) is 17.2. The number of hydrogen-bond donors (Lipinski definition) is 2. The zero-order chi connectivity index (χ0) is 22.6. The number of amides is 1. The van der Waals surface area contributed by atoms with Crippen molar-refractivity contribution in [1.82, 2.24) is 4.98 Å². The van der Waals surface area contributed by atoms with Crippen LogP contribution in [-0.2, 0) is 10.0 Å². The van der Waals surface area contributed by atoms with Crippen LogP contribution in [0.1, 0.15) is 42.7 Å². The summed E-state index contributed by atoms with van der Waals surface area (Å²) < 4.78 is 33.5. The first kappa shape index (κ1) is 23.1. The van der Waals surface area contributed by atoms with Crippen LogP contribution in [0.4, 0.5) is 10.8 Å². The quantitative estimate of drug-likeness (QED) is 0.452. The second kappa shape index (κ2) is 9.67. The van der Waals surface area contributed by atoms with Crippen LogP contribution in [0.3, 0.4) is 0 Å². The Morgan fingerprint density at radius 2 is 1.90 bits per heavy atom. The van der Waals surface area contributed by atoms with Crippen LogP contribution in [0.25, 0.3) is 0 Å². The van der Waals surface area contributed by atoms with E-state index < -0.39 is 15.9 Å². The van der Waals surface area contributed by atoms with Crippen molar-refractivity contribution in [1.29, 1.82) is 0 Å². The van der Waals surface area contributed by atoms with Crippen LogP contribution in [0.5, 0.6) is 5.75 Å². The second-order valence-corrected chi connectivity index (χ2v) is 9.84. The Morgan fingerprint density at radius 1 is 1.19 bits per heavy atom. The van der Waals surface area contributed by atoms with Gasteiger partial charge in [-0.25, -0.2) is 13.4 Å². The third-order valence-electron chi connectivity index (χ3n) is 4.24. The van der Waals surface area contributed by atoms with Crippen molar-refractivity contribution >= 4 is 49.7 Å². The third-order valence-corrected chi connectivity index (χ3v) is 6.73. The predicted molar refractivity (Wildman–Crippen MR) is 124 cm³/mol. The molecule has 0 bridgehead atoms. The van der Waals surface area contributed by atoms with Gasteiger partial charge < -0.3 is 4.74 Å². The smallest absolute Gasteiger partial charge is 0.261 e. The number of sulfonamides is 1. The number of anilines is 2. The third kappa shape index (κ3) is 5.75. The highest BCUT2D eigenvalue weighted by Gasteiger charge is 2.20. The largest absolute Gasteiger partial charge is 0.494 e. The fourth-order valence-corrected chi connectivity index (χ4v) is 4.77. The summed E-state index contributed by atoms with van der Waals surface area (Å²) in [5, 5.41) is 5.10. The fraction of sp³-hybridized carbons (Fsp3) is 0.238. The first-order valence-electron chi connectivity index (χ1n) is 9.51. The molecule has 0 saturated carbocycles. The van der Waals surface area contributed by atoms with Crippen molar-refractivity contribution < 1.29 is 17.9 Å². The molecule has 0 spiro atoms. The van der Waals surface area contributed by atoms with Gasteiger partial charge in [-0.3, -0.25) is 14.8 Å². The number of thiazole rings is 1. The monoisotopic (exact) mass is 479 g/mol. The molecular formula is C21H22ClN3O4S2. The standard InChI is InChI=1S/C21H22ClN3O4S2/c1-4-29-15-7-5-14(6-8-15)25-31(27,28)16-9-10-18(22)17(11-16)20(26)24-21-23-19(12-30-21)13(2)3/h5-13,25H,4H2,1-3H3,(H,23,24,26). The minimum atomic E-state index is -3.93. The number of aromatic nitrogens is 1. The lowest BCUT2D eigenvalue weighted by atomic mass is 10.2. The molecule has 0 aliphatic heterocycles. The van der Waals surface area contributed by atoms with Gasteiger partial charge in [-0.1, -0.05) is 25.4 Å². The number of hydrogen-bond acceptors (Lipinski definition) is 6. The van der Waals surface area contributed by atoms with E-state index in [2.05, 4.69) is 15.0 Å². The average Bonchev–Trinajstić information content (AvgIpc) is 3.18. The van der Waals surface area contributed by atoms with Crippen LogP contribution < -0.4 is 14.8 Å². The van der Waals surface area contributed by atoms with Crippen molar-refractivity contribution in [2.45, 2.75) is 31.6 Å². The highest BCUT2D eigenvalue weighted by atomic mass is 35.5. The van der Waals surface area contributed by atoms with Gasteiger partial charge in [0.05, 0.1) is 27.8 Å². The molecule has 3 aromatic rings. The number of carbonyl (C=O) groups is 1. The van der Waals surface area contributed by atoms with Gasteiger partial charge in [0.1, 0.15) is 5.75 Å². The Morgan fingerprint density at radius 3 is 2.52 bits per heavy atom. The Bertz CT molecular complexity index is 1180. The molecule has 1 amide bonds. The van der Waals surface area contributed by atoms with E-state index in [0.29, 0.717) is 23.2 Å². The Labute approximate surface area is 190 Å². The van der Waals surface area contributed by atoms with Crippen LogP contribution in [0.2, 0.25) is 5.02 Å². The summed E-state index contributed by atoms with van der Waals surface area (Å²) >= 11 is 7.46. The van der Waals surface area contributed by atoms with E-state index in [1.807, 2.05) is 26.2 Å². The topological polar surface area (TPSA) is 97.4 Å². The fourth-order valence-electron chi connectivity index (χ4n) is 2.62. The Hall–Kier alpha value is -2.62. The number of benzene rings is 2. The maximum absolute atomic E-state index is 12.8. The van der Waals surface area contributed by atoms with E-state index in [-0.39, 0.29) is 21.4 Å². The molecule has 164 valence electrons. The maximum atomic E-state index is 12.8. The van der Waals surface area contributed by atoms with Crippen LogP contribution >= 0.6 is 22.9 Å². The molecule has 0 atom stereocenters. The molecular weight excluding hydrogens is 458 g/mol. The second-order valence-electron chi connectivity index (χ2n) is 6.89. The molecule has 0 radical (unpaired) electrons. The van der Waals surface area contributed by atoms with E-state index in [9.17, 15) is 13.2 Å². The lowest BCUT2D eigenvalue weighted by Gasteiger charge is -2.11. The van der Waals surface area contributed by atoms with Gasteiger partial charge in [0.2, 0.25) is 0 Å². The highest BCUT2D eigenvalue weighted by molar-refractivity contribution is 7.92. The van der Waals surface area contributed by atoms with E-state index >= 15 is 0 Å². The summed E-state index contributed by atoms with van der Waals surface area (Å²) in [5.41, 5.74) is 1.27. The maximum Gasteiger partial charge on any atom is 0.261 e. The summed E-state index contributed by atoms with van der Waals surface area (Å²) in [6.45, 7) is 6.38. The van der Waals surface area contributed by atoms with Gasteiger partial charge in [-0.15, -0.1) is 11.3 Å². The molecule has 1 aromatic heterocycles. The molecule has 0 unspecified atom stereocenters. The molecule has 7 nitrogen and oxygen atoms in total. The minimum absolute atomic E-state index is 0.0394. The van der Waals surface area contributed by atoms with Gasteiger partial charge in [-0.05, 0) is 55.3 Å². The van der Waals surface area contributed by atoms with E-state index in [1.54, 1.807) is 24.3 Å². The summed E-state index contributed by atoms with van der Waals surface area (Å²) in [7, 11) is -3.93. The molecule has 0 aliphatic rings. The Balaban J connectivity index is 1.80. The molecule has 1 heterocycles. The Kier molecular flexibility index (Phi) is 7.19. The summed E-state index contributed by atoms with van der Waals surface area (Å²) in [6.07, 6.45) is 0. The van der Waals surface area contributed by atoms with Gasteiger partial charge in [0.15, 0.2) is 5.13 Å². The van der Waals surface area contributed by atoms with Crippen molar-refractivity contribution in [2.75, 3.05) is 16.6 Å². The molecule has 31 heavy (non-hydrogen) atoms. The van der Waals surface area contributed by atoms with Crippen LogP contribution in [0.15, 0.2) is 52.7 Å². The molecule has 0 fully saturated rings. The predicted octanol–water partition coefficient (Wildman–Crippen LogP) is 5.37. The molecule has 3 rings (SSSR count). The highest BCUT2D eigenvalue weighted by Crippen LogP contribution is 2.26. The first-order valence-corrected chi connectivity index (χ1v) is 12.3. The molecule has 0 aliphatic carbocycles. The van der Waals surface area contributed by atoms with Crippen molar-refractivity contribution in [3.63, 3.8) is 0 Å².